The van der Waals surface area contributed by atoms with Crippen molar-refractivity contribution >= 4 is 0 Å². The normalized spacial score (nSPS) is 12.5. The maximum atomic E-state index is 12.3. The second-order valence-corrected chi connectivity index (χ2v) is 3.75. The van der Waals surface area contributed by atoms with E-state index in [9.17, 15) is 8.78 Å². The molecule has 0 amide bonds. The molecule has 0 aliphatic heterocycles. The van der Waals surface area contributed by atoms with Crippen LogP contribution in [0.1, 0.15) is 38.5 Å². The van der Waals surface area contributed by atoms with Gasteiger partial charge in [-0.05, 0) is 0 Å². The largest absolute Gasteiger partial charge is 0.282 e. The van der Waals surface area contributed by atoms with Gasteiger partial charge in [-0.25, -0.2) is 8.78 Å². The minimum absolute atomic E-state index is 0.00231. The number of aromatic nitrogens is 2. The van der Waals surface area contributed by atoms with Gasteiger partial charge in [-0.1, -0.05) is 20.8 Å². The fourth-order valence-electron chi connectivity index (χ4n) is 1.06. The van der Waals surface area contributed by atoms with E-state index in [-0.39, 0.29) is 11.0 Å². The molecule has 0 spiro atoms. The van der Waals surface area contributed by atoms with E-state index in [1.165, 1.54) is 6.20 Å². The lowest BCUT2D eigenvalue weighted by atomic mass is 9.90. The Bertz CT molecular complexity index is 260. The lowest BCUT2D eigenvalue weighted by molar-refractivity contribution is 0.149. The fraction of sp³-hybridized carbons (Fsp3) is 0.625. The molecule has 4 heteroatoms. The van der Waals surface area contributed by atoms with Crippen molar-refractivity contribution < 1.29 is 8.78 Å². The molecule has 0 atom stereocenters. The number of nitrogens with zero attached hydrogens (tertiary/aromatic N) is 1. The zero-order valence-electron chi connectivity index (χ0n) is 7.36. The molecule has 1 aromatic rings. The average molecular weight is 174 g/mol. The molecular weight excluding hydrogens is 162 g/mol. The van der Waals surface area contributed by atoms with Gasteiger partial charge in [0, 0.05) is 11.1 Å². The summed E-state index contributed by atoms with van der Waals surface area (Å²) in [6.07, 6.45) is -1.26. The molecule has 0 saturated carbocycles. The second kappa shape index (κ2) is 2.84. The maximum Gasteiger partial charge on any atom is 0.267 e. The molecule has 0 bridgehead atoms. The Morgan fingerprint density at radius 1 is 1.42 bits per heavy atom. The van der Waals surface area contributed by atoms with Gasteiger partial charge in [0.1, 0.15) is 0 Å². The summed E-state index contributed by atoms with van der Waals surface area (Å²) >= 11 is 0. The van der Waals surface area contributed by atoms with Crippen LogP contribution in [0.2, 0.25) is 0 Å². The lowest BCUT2D eigenvalue weighted by Crippen LogP contribution is -2.14. The van der Waals surface area contributed by atoms with Gasteiger partial charge in [-0.2, -0.15) is 5.10 Å². The molecule has 12 heavy (non-hydrogen) atoms. The number of alkyl halides is 2. The molecule has 1 N–H and O–H groups in total. The lowest BCUT2D eigenvalue weighted by Gasteiger charge is -2.17. The van der Waals surface area contributed by atoms with Crippen LogP contribution in [0.5, 0.6) is 0 Å². The van der Waals surface area contributed by atoms with E-state index < -0.39 is 6.43 Å². The highest BCUT2D eigenvalue weighted by Gasteiger charge is 2.24. The number of rotatable bonds is 1. The summed E-state index contributed by atoms with van der Waals surface area (Å²) in [7, 11) is 0. The molecule has 1 heterocycles. The highest BCUT2D eigenvalue weighted by atomic mass is 19.3. The van der Waals surface area contributed by atoms with Crippen LogP contribution >= 0.6 is 0 Å². The molecule has 0 radical (unpaired) electrons. The first kappa shape index (κ1) is 9.16. The SMILES string of the molecule is CC(C)(C)c1[nH]ncc1C(F)F. The van der Waals surface area contributed by atoms with Crippen LogP contribution in [0.4, 0.5) is 8.78 Å². The molecule has 0 unspecified atom stereocenters. The minimum atomic E-state index is -2.45. The summed E-state index contributed by atoms with van der Waals surface area (Å²) in [5.41, 5.74) is 0.211. The summed E-state index contributed by atoms with van der Waals surface area (Å²) in [6, 6.07) is 0. The standard InChI is InChI=1S/C8H12F2N2/c1-8(2,3)6-5(7(9)10)4-11-12-6/h4,7H,1-3H3,(H,11,12). The van der Waals surface area contributed by atoms with Crippen LogP contribution < -0.4 is 0 Å². The number of hydrogen-bond donors (Lipinski definition) is 1. The number of hydrogen-bond acceptors (Lipinski definition) is 1. The molecular formula is C8H12F2N2. The van der Waals surface area contributed by atoms with Gasteiger partial charge in [-0.3, -0.25) is 5.10 Å². The van der Waals surface area contributed by atoms with Crippen LogP contribution in [-0.2, 0) is 5.41 Å². The zero-order valence-corrected chi connectivity index (χ0v) is 7.36. The van der Waals surface area contributed by atoms with Gasteiger partial charge in [0.25, 0.3) is 6.43 Å². The van der Waals surface area contributed by atoms with Crippen LogP contribution in [0.25, 0.3) is 0 Å². The molecule has 0 aromatic carbocycles. The van der Waals surface area contributed by atoms with E-state index in [4.69, 9.17) is 0 Å². The third-order valence-corrected chi connectivity index (χ3v) is 1.65. The number of nitrogens with one attached hydrogen (secondary N) is 1. The Labute approximate surface area is 70.0 Å². The van der Waals surface area contributed by atoms with Crippen molar-refractivity contribution in [2.24, 2.45) is 0 Å². The van der Waals surface area contributed by atoms with E-state index in [2.05, 4.69) is 10.2 Å². The van der Waals surface area contributed by atoms with E-state index in [1.807, 2.05) is 20.8 Å². The Morgan fingerprint density at radius 3 is 2.33 bits per heavy atom. The first-order chi connectivity index (χ1) is 5.43. The highest BCUT2D eigenvalue weighted by Crippen LogP contribution is 2.29. The first-order valence-electron chi connectivity index (χ1n) is 3.75. The smallest absolute Gasteiger partial charge is 0.267 e. The van der Waals surface area contributed by atoms with Crippen LogP contribution in [0.3, 0.4) is 0 Å². The highest BCUT2D eigenvalue weighted by molar-refractivity contribution is 5.24. The summed E-state index contributed by atoms with van der Waals surface area (Å²) in [5, 5.41) is 6.20. The van der Waals surface area contributed by atoms with Crippen LogP contribution in [0, 0.1) is 0 Å². The third kappa shape index (κ3) is 1.62. The van der Waals surface area contributed by atoms with E-state index in [0.717, 1.165) is 0 Å². The van der Waals surface area contributed by atoms with E-state index in [1.54, 1.807) is 0 Å². The van der Waals surface area contributed by atoms with E-state index >= 15 is 0 Å². The molecule has 0 aliphatic rings. The monoisotopic (exact) mass is 174 g/mol. The van der Waals surface area contributed by atoms with Gasteiger partial charge >= 0.3 is 0 Å². The summed E-state index contributed by atoms with van der Waals surface area (Å²) in [5.74, 6) is 0. The van der Waals surface area contributed by atoms with Gasteiger partial charge < -0.3 is 0 Å². The quantitative estimate of drug-likeness (QED) is 0.696. The van der Waals surface area contributed by atoms with E-state index in [0.29, 0.717) is 5.69 Å². The molecule has 0 fully saturated rings. The van der Waals surface area contributed by atoms with Crippen molar-refractivity contribution in [1.82, 2.24) is 10.2 Å². The molecule has 1 rings (SSSR count). The predicted octanol–water partition coefficient (Wildman–Crippen LogP) is 2.64. The van der Waals surface area contributed by atoms with Crippen LogP contribution in [-0.4, -0.2) is 10.2 Å². The van der Waals surface area contributed by atoms with Crippen molar-refractivity contribution in [3.63, 3.8) is 0 Å². The Hall–Kier alpha value is -0.930. The summed E-state index contributed by atoms with van der Waals surface area (Å²) in [4.78, 5) is 0. The third-order valence-electron chi connectivity index (χ3n) is 1.65. The Morgan fingerprint density at radius 2 is 2.00 bits per heavy atom. The van der Waals surface area contributed by atoms with Gasteiger partial charge in [0.15, 0.2) is 0 Å². The molecule has 2 nitrogen and oxygen atoms in total. The minimum Gasteiger partial charge on any atom is -0.282 e. The summed E-state index contributed by atoms with van der Waals surface area (Å²) in [6.45, 7) is 5.60. The van der Waals surface area contributed by atoms with Gasteiger partial charge in [-0.15, -0.1) is 0 Å². The Kier molecular flexibility index (Phi) is 2.17. The average Bonchev–Trinajstić information content (AvgIpc) is 2.30. The molecule has 0 aliphatic carbocycles. The van der Waals surface area contributed by atoms with Gasteiger partial charge in [0.2, 0.25) is 0 Å². The first-order valence-corrected chi connectivity index (χ1v) is 3.75. The number of aromatic amines is 1. The van der Waals surface area contributed by atoms with Crippen molar-refractivity contribution in [2.45, 2.75) is 32.6 Å². The predicted molar refractivity (Wildman–Crippen MR) is 42.2 cm³/mol. The molecule has 1 aromatic heterocycles. The van der Waals surface area contributed by atoms with Crippen molar-refractivity contribution in [3.05, 3.63) is 17.5 Å². The maximum absolute atomic E-state index is 12.3. The fourth-order valence-corrected chi connectivity index (χ4v) is 1.06. The van der Waals surface area contributed by atoms with Gasteiger partial charge in [0.05, 0.1) is 11.8 Å². The number of H-pyrrole nitrogens is 1. The molecule has 68 valence electrons. The van der Waals surface area contributed by atoms with Crippen molar-refractivity contribution in [1.29, 1.82) is 0 Å². The number of halogens is 2. The topological polar surface area (TPSA) is 28.7 Å². The molecule has 0 saturated heterocycles. The Balaban J connectivity index is 3.08. The zero-order chi connectivity index (χ0) is 9.35. The van der Waals surface area contributed by atoms with Crippen molar-refractivity contribution in [2.75, 3.05) is 0 Å². The van der Waals surface area contributed by atoms with Crippen molar-refractivity contribution in [3.8, 4) is 0 Å². The second-order valence-electron chi connectivity index (χ2n) is 3.75. The summed E-state index contributed by atoms with van der Waals surface area (Å²) < 4.78 is 24.7. The van der Waals surface area contributed by atoms with Crippen LogP contribution in [0.15, 0.2) is 6.20 Å².